The lowest BCUT2D eigenvalue weighted by Gasteiger charge is -2.19. The standard InChI is InChI=1S/C19H25N/c1-12-6-7-14(3)17(10-12)11-18(20)19-15(4)8-13(2)9-16(19)5/h6-10,18H,11,20H2,1-5H3. The predicted octanol–water partition coefficient (Wildman–Crippen LogP) is 4.47. The molecule has 1 atom stereocenters. The number of rotatable bonds is 3. The van der Waals surface area contributed by atoms with Gasteiger partial charge in [0.05, 0.1) is 0 Å². The molecule has 2 N–H and O–H groups in total. The molecule has 2 aromatic rings. The van der Waals surface area contributed by atoms with Crippen LogP contribution in [0.25, 0.3) is 0 Å². The second kappa shape index (κ2) is 5.80. The quantitative estimate of drug-likeness (QED) is 0.872. The van der Waals surface area contributed by atoms with Gasteiger partial charge in [-0.2, -0.15) is 0 Å². The third-order valence-electron chi connectivity index (χ3n) is 4.05. The summed E-state index contributed by atoms with van der Waals surface area (Å²) in [5.41, 5.74) is 15.7. The Morgan fingerprint density at radius 2 is 1.40 bits per heavy atom. The van der Waals surface area contributed by atoms with E-state index in [9.17, 15) is 0 Å². The van der Waals surface area contributed by atoms with Gasteiger partial charge in [0.25, 0.3) is 0 Å². The summed E-state index contributed by atoms with van der Waals surface area (Å²) in [5.74, 6) is 0. The van der Waals surface area contributed by atoms with Crippen LogP contribution in [-0.4, -0.2) is 0 Å². The van der Waals surface area contributed by atoms with Crippen molar-refractivity contribution in [1.29, 1.82) is 0 Å². The van der Waals surface area contributed by atoms with Crippen LogP contribution in [0.5, 0.6) is 0 Å². The van der Waals surface area contributed by atoms with E-state index in [2.05, 4.69) is 65.0 Å². The van der Waals surface area contributed by atoms with Crippen molar-refractivity contribution in [3.63, 3.8) is 0 Å². The molecule has 0 heterocycles. The molecule has 0 amide bonds. The lowest BCUT2D eigenvalue weighted by Crippen LogP contribution is -2.17. The highest BCUT2D eigenvalue weighted by Crippen LogP contribution is 2.26. The van der Waals surface area contributed by atoms with E-state index < -0.39 is 0 Å². The number of aryl methyl sites for hydroxylation is 5. The summed E-state index contributed by atoms with van der Waals surface area (Å²) in [6.07, 6.45) is 0.901. The average molecular weight is 267 g/mol. The first kappa shape index (κ1) is 14.8. The Morgan fingerprint density at radius 1 is 0.800 bits per heavy atom. The molecule has 0 fully saturated rings. The van der Waals surface area contributed by atoms with Crippen LogP contribution in [0, 0.1) is 34.6 Å². The fraction of sp³-hybridized carbons (Fsp3) is 0.368. The van der Waals surface area contributed by atoms with Crippen LogP contribution in [0.15, 0.2) is 30.3 Å². The number of hydrogen-bond acceptors (Lipinski definition) is 1. The maximum atomic E-state index is 6.50. The highest BCUT2D eigenvalue weighted by Gasteiger charge is 2.14. The second-order valence-corrected chi connectivity index (χ2v) is 6.05. The fourth-order valence-electron chi connectivity index (χ4n) is 3.14. The predicted molar refractivity (Wildman–Crippen MR) is 87.2 cm³/mol. The Hall–Kier alpha value is -1.60. The molecule has 0 aliphatic carbocycles. The van der Waals surface area contributed by atoms with Gasteiger partial charge in [0.2, 0.25) is 0 Å². The average Bonchev–Trinajstić information content (AvgIpc) is 2.32. The molecule has 20 heavy (non-hydrogen) atoms. The highest BCUT2D eigenvalue weighted by molar-refractivity contribution is 5.41. The van der Waals surface area contributed by atoms with Crippen molar-refractivity contribution in [3.05, 3.63) is 69.3 Å². The van der Waals surface area contributed by atoms with Gasteiger partial charge >= 0.3 is 0 Å². The summed E-state index contributed by atoms with van der Waals surface area (Å²) in [7, 11) is 0. The number of nitrogens with two attached hydrogens (primary N) is 1. The first-order valence-electron chi connectivity index (χ1n) is 7.28. The topological polar surface area (TPSA) is 26.0 Å². The van der Waals surface area contributed by atoms with Gasteiger partial charge in [-0.05, 0) is 68.9 Å². The molecule has 0 saturated carbocycles. The Morgan fingerprint density at radius 3 is 2.00 bits per heavy atom. The lowest BCUT2D eigenvalue weighted by molar-refractivity contribution is 0.707. The molecule has 2 aromatic carbocycles. The molecule has 0 spiro atoms. The third-order valence-corrected chi connectivity index (χ3v) is 4.05. The van der Waals surface area contributed by atoms with Gasteiger partial charge in [0.15, 0.2) is 0 Å². The van der Waals surface area contributed by atoms with Crippen LogP contribution < -0.4 is 5.73 Å². The largest absolute Gasteiger partial charge is 0.324 e. The summed E-state index contributed by atoms with van der Waals surface area (Å²) in [4.78, 5) is 0. The van der Waals surface area contributed by atoms with Crippen LogP contribution in [0.3, 0.4) is 0 Å². The highest BCUT2D eigenvalue weighted by atomic mass is 14.6. The van der Waals surface area contributed by atoms with E-state index in [1.54, 1.807) is 0 Å². The van der Waals surface area contributed by atoms with Crippen molar-refractivity contribution >= 4 is 0 Å². The van der Waals surface area contributed by atoms with Gasteiger partial charge in [-0.1, -0.05) is 41.5 Å². The summed E-state index contributed by atoms with van der Waals surface area (Å²) in [6, 6.07) is 11.1. The molecule has 0 radical (unpaired) electrons. The van der Waals surface area contributed by atoms with Crippen molar-refractivity contribution in [2.24, 2.45) is 5.73 Å². The monoisotopic (exact) mass is 267 g/mol. The molecule has 2 rings (SSSR count). The van der Waals surface area contributed by atoms with E-state index >= 15 is 0 Å². The van der Waals surface area contributed by atoms with E-state index in [0.717, 1.165) is 6.42 Å². The number of hydrogen-bond donors (Lipinski definition) is 1. The van der Waals surface area contributed by atoms with Gasteiger partial charge in [-0.3, -0.25) is 0 Å². The minimum absolute atomic E-state index is 0.0658. The van der Waals surface area contributed by atoms with Crippen LogP contribution in [0.2, 0.25) is 0 Å². The van der Waals surface area contributed by atoms with Crippen LogP contribution >= 0.6 is 0 Å². The van der Waals surface area contributed by atoms with Crippen molar-refractivity contribution in [3.8, 4) is 0 Å². The zero-order valence-corrected chi connectivity index (χ0v) is 13.2. The van der Waals surface area contributed by atoms with Gasteiger partial charge in [0.1, 0.15) is 0 Å². The molecule has 0 saturated heterocycles. The lowest BCUT2D eigenvalue weighted by atomic mass is 9.89. The van der Waals surface area contributed by atoms with E-state index in [-0.39, 0.29) is 6.04 Å². The SMILES string of the molecule is Cc1cc(C)c(C(N)Cc2cc(C)ccc2C)c(C)c1. The maximum Gasteiger partial charge on any atom is 0.0341 e. The number of benzene rings is 2. The second-order valence-electron chi connectivity index (χ2n) is 6.05. The molecule has 0 bridgehead atoms. The maximum absolute atomic E-state index is 6.50. The summed E-state index contributed by atoms with van der Waals surface area (Å²) in [5, 5.41) is 0. The fourth-order valence-corrected chi connectivity index (χ4v) is 3.14. The molecule has 0 aliphatic heterocycles. The van der Waals surface area contributed by atoms with Crippen molar-refractivity contribution < 1.29 is 0 Å². The molecular weight excluding hydrogens is 242 g/mol. The normalized spacial score (nSPS) is 12.5. The first-order chi connectivity index (χ1) is 9.38. The van der Waals surface area contributed by atoms with Crippen LogP contribution in [0.1, 0.15) is 45.0 Å². The molecular formula is C19H25N. The Labute approximate surface area is 122 Å². The van der Waals surface area contributed by atoms with Gasteiger partial charge in [0, 0.05) is 6.04 Å². The Kier molecular flexibility index (Phi) is 4.29. The third kappa shape index (κ3) is 3.10. The van der Waals surface area contributed by atoms with Crippen molar-refractivity contribution in [2.45, 2.75) is 47.1 Å². The smallest absolute Gasteiger partial charge is 0.0341 e. The Bertz CT molecular complexity index is 603. The minimum Gasteiger partial charge on any atom is -0.324 e. The molecule has 1 unspecified atom stereocenters. The molecule has 1 nitrogen and oxygen atoms in total. The summed E-state index contributed by atoms with van der Waals surface area (Å²) in [6.45, 7) is 10.8. The van der Waals surface area contributed by atoms with Crippen LogP contribution in [0.4, 0.5) is 0 Å². The van der Waals surface area contributed by atoms with Crippen molar-refractivity contribution in [2.75, 3.05) is 0 Å². The zero-order chi connectivity index (χ0) is 14.9. The van der Waals surface area contributed by atoms with E-state index in [1.807, 2.05) is 0 Å². The van der Waals surface area contributed by atoms with Gasteiger partial charge in [-0.25, -0.2) is 0 Å². The van der Waals surface area contributed by atoms with Gasteiger partial charge < -0.3 is 5.73 Å². The molecule has 0 aliphatic rings. The minimum atomic E-state index is 0.0658. The van der Waals surface area contributed by atoms with Gasteiger partial charge in [-0.15, -0.1) is 0 Å². The molecule has 0 aromatic heterocycles. The van der Waals surface area contributed by atoms with Crippen LogP contribution in [-0.2, 0) is 6.42 Å². The Balaban J connectivity index is 2.33. The van der Waals surface area contributed by atoms with E-state index in [0.29, 0.717) is 0 Å². The van der Waals surface area contributed by atoms with E-state index in [4.69, 9.17) is 5.73 Å². The van der Waals surface area contributed by atoms with E-state index in [1.165, 1.54) is 38.9 Å². The summed E-state index contributed by atoms with van der Waals surface area (Å²) < 4.78 is 0. The van der Waals surface area contributed by atoms with Crippen molar-refractivity contribution in [1.82, 2.24) is 0 Å². The molecule has 1 heteroatoms. The summed E-state index contributed by atoms with van der Waals surface area (Å²) >= 11 is 0. The zero-order valence-electron chi connectivity index (χ0n) is 13.2. The first-order valence-corrected chi connectivity index (χ1v) is 7.28. The molecule has 106 valence electrons.